The molecule has 2 aliphatic rings. The van der Waals surface area contributed by atoms with Gasteiger partial charge >= 0.3 is 0 Å². The van der Waals surface area contributed by atoms with Crippen LogP contribution >= 0.6 is 0 Å². The first-order chi connectivity index (χ1) is 10.2. The Morgan fingerprint density at radius 1 is 1.05 bits per heavy atom. The minimum absolute atomic E-state index is 0.0297. The quantitative estimate of drug-likeness (QED) is 0.848. The second-order valence-electron chi connectivity index (χ2n) is 6.01. The summed E-state index contributed by atoms with van der Waals surface area (Å²) >= 11 is 0. The van der Waals surface area contributed by atoms with Crippen LogP contribution in [0, 0.1) is 13.8 Å². The molecule has 0 atom stereocenters. The lowest BCUT2D eigenvalue weighted by Gasteiger charge is -2.37. The molecule has 1 aromatic carbocycles. The molecule has 4 heteroatoms. The van der Waals surface area contributed by atoms with Gasteiger partial charge in [0.05, 0.1) is 13.2 Å². The lowest BCUT2D eigenvalue weighted by atomic mass is 10.1. The highest BCUT2D eigenvalue weighted by molar-refractivity contribution is 5.56. The van der Waals surface area contributed by atoms with Crippen LogP contribution in [0.5, 0.6) is 0 Å². The van der Waals surface area contributed by atoms with E-state index in [0.717, 1.165) is 52.4 Å². The van der Waals surface area contributed by atoms with Crippen LogP contribution in [0.1, 0.15) is 17.5 Å². The molecule has 2 saturated heterocycles. The molecular formula is C17H26N2O2. The molecule has 1 aromatic rings. The molecule has 0 unspecified atom stereocenters. The van der Waals surface area contributed by atoms with Gasteiger partial charge in [0.15, 0.2) is 6.29 Å². The van der Waals surface area contributed by atoms with Crippen molar-refractivity contribution >= 4 is 5.69 Å². The third-order valence-electron chi connectivity index (χ3n) is 4.66. The Balaban J connectivity index is 1.49. The highest BCUT2D eigenvalue weighted by Crippen LogP contribution is 2.24. The van der Waals surface area contributed by atoms with E-state index in [-0.39, 0.29) is 6.29 Å². The van der Waals surface area contributed by atoms with E-state index in [1.54, 1.807) is 0 Å². The highest BCUT2D eigenvalue weighted by Gasteiger charge is 2.21. The first-order valence-corrected chi connectivity index (χ1v) is 8.01. The van der Waals surface area contributed by atoms with Crippen LogP contribution in [0.15, 0.2) is 18.2 Å². The Kier molecular flexibility index (Phi) is 4.78. The molecule has 4 nitrogen and oxygen atoms in total. The van der Waals surface area contributed by atoms with Crippen molar-refractivity contribution in [3.63, 3.8) is 0 Å². The SMILES string of the molecule is Cc1cccc(N2CCN(CCC3OCCO3)CC2)c1C. The molecule has 116 valence electrons. The fraction of sp³-hybridized carbons (Fsp3) is 0.647. The molecule has 0 spiro atoms. The zero-order valence-corrected chi connectivity index (χ0v) is 13.2. The summed E-state index contributed by atoms with van der Waals surface area (Å²) < 4.78 is 11.0. The molecule has 2 heterocycles. The van der Waals surface area contributed by atoms with Crippen LogP contribution in [-0.4, -0.2) is 57.1 Å². The van der Waals surface area contributed by atoms with Crippen molar-refractivity contribution in [2.24, 2.45) is 0 Å². The van der Waals surface area contributed by atoms with Gasteiger partial charge in [-0.1, -0.05) is 12.1 Å². The minimum Gasteiger partial charge on any atom is -0.369 e. The Labute approximate surface area is 127 Å². The van der Waals surface area contributed by atoms with Gasteiger partial charge < -0.3 is 14.4 Å². The number of nitrogens with zero attached hydrogens (tertiary/aromatic N) is 2. The zero-order chi connectivity index (χ0) is 14.7. The summed E-state index contributed by atoms with van der Waals surface area (Å²) in [5, 5.41) is 0. The molecule has 3 rings (SSSR count). The topological polar surface area (TPSA) is 24.9 Å². The summed E-state index contributed by atoms with van der Waals surface area (Å²) in [4.78, 5) is 5.04. The Bertz CT molecular complexity index is 464. The van der Waals surface area contributed by atoms with Gasteiger partial charge in [-0.15, -0.1) is 0 Å². The normalized spacial score (nSPS) is 21.1. The molecule has 2 aliphatic heterocycles. The number of hydrogen-bond donors (Lipinski definition) is 0. The van der Waals surface area contributed by atoms with Crippen LogP contribution < -0.4 is 4.90 Å². The number of hydrogen-bond acceptors (Lipinski definition) is 4. The summed E-state index contributed by atoms with van der Waals surface area (Å²) in [5.74, 6) is 0. The van der Waals surface area contributed by atoms with Crippen LogP contribution in [0.2, 0.25) is 0 Å². The molecule has 0 amide bonds. The maximum Gasteiger partial charge on any atom is 0.159 e. The summed E-state index contributed by atoms with van der Waals surface area (Å²) in [6.45, 7) is 11.5. The van der Waals surface area contributed by atoms with Crippen molar-refractivity contribution in [1.29, 1.82) is 0 Å². The van der Waals surface area contributed by atoms with E-state index in [0.29, 0.717) is 0 Å². The van der Waals surface area contributed by atoms with Gasteiger partial charge in [-0.05, 0) is 31.0 Å². The average molecular weight is 290 g/mol. The van der Waals surface area contributed by atoms with E-state index < -0.39 is 0 Å². The van der Waals surface area contributed by atoms with E-state index in [2.05, 4.69) is 41.8 Å². The van der Waals surface area contributed by atoms with Gasteiger partial charge in [0.25, 0.3) is 0 Å². The third kappa shape index (κ3) is 3.57. The number of benzene rings is 1. The molecule has 0 aliphatic carbocycles. The van der Waals surface area contributed by atoms with Crippen LogP contribution in [0.4, 0.5) is 5.69 Å². The minimum atomic E-state index is 0.0297. The number of anilines is 1. The smallest absolute Gasteiger partial charge is 0.159 e. The van der Waals surface area contributed by atoms with Crippen molar-refractivity contribution in [3.8, 4) is 0 Å². The summed E-state index contributed by atoms with van der Waals surface area (Å²) in [5.41, 5.74) is 4.20. The van der Waals surface area contributed by atoms with Gasteiger partial charge in [0.1, 0.15) is 0 Å². The molecule has 0 aromatic heterocycles. The van der Waals surface area contributed by atoms with Gasteiger partial charge in [-0.3, -0.25) is 4.90 Å². The van der Waals surface area contributed by atoms with Crippen LogP contribution in [0.3, 0.4) is 0 Å². The fourth-order valence-electron chi connectivity index (χ4n) is 3.15. The molecule has 0 radical (unpaired) electrons. The largest absolute Gasteiger partial charge is 0.369 e. The Morgan fingerprint density at radius 3 is 2.48 bits per heavy atom. The maximum absolute atomic E-state index is 5.50. The van der Waals surface area contributed by atoms with Crippen molar-refractivity contribution in [1.82, 2.24) is 4.90 Å². The van der Waals surface area contributed by atoms with E-state index in [4.69, 9.17) is 9.47 Å². The van der Waals surface area contributed by atoms with E-state index in [9.17, 15) is 0 Å². The summed E-state index contributed by atoms with van der Waals surface area (Å²) in [6, 6.07) is 6.60. The highest BCUT2D eigenvalue weighted by atomic mass is 16.7. The van der Waals surface area contributed by atoms with Crippen LogP contribution in [0.25, 0.3) is 0 Å². The van der Waals surface area contributed by atoms with Gasteiger partial charge in [-0.25, -0.2) is 0 Å². The number of piperazine rings is 1. The number of aryl methyl sites for hydroxylation is 1. The van der Waals surface area contributed by atoms with Gasteiger partial charge in [0, 0.05) is 44.8 Å². The predicted octanol–water partition coefficient (Wildman–Crippen LogP) is 2.19. The number of ether oxygens (including phenoxy) is 2. The third-order valence-corrected chi connectivity index (χ3v) is 4.66. The van der Waals surface area contributed by atoms with E-state index in [1.807, 2.05) is 0 Å². The second-order valence-corrected chi connectivity index (χ2v) is 6.01. The van der Waals surface area contributed by atoms with Crippen molar-refractivity contribution in [2.75, 3.05) is 50.8 Å². The molecule has 21 heavy (non-hydrogen) atoms. The molecule has 0 saturated carbocycles. The van der Waals surface area contributed by atoms with E-state index in [1.165, 1.54) is 16.8 Å². The Morgan fingerprint density at radius 2 is 1.76 bits per heavy atom. The van der Waals surface area contributed by atoms with Crippen LogP contribution in [-0.2, 0) is 9.47 Å². The van der Waals surface area contributed by atoms with Crippen molar-refractivity contribution < 1.29 is 9.47 Å². The van der Waals surface area contributed by atoms with Gasteiger partial charge in [-0.2, -0.15) is 0 Å². The first-order valence-electron chi connectivity index (χ1n) is 8.01. The average Bonchev–Trinajstić information content (AvgIpc) is 3.02. The second kappa shape index (κ2) is 6.77. The van der Waals surface area contributed by atoms with Crippen molar-refractivity contribution in [2.45, 2.75) is 26.6 Å². The zero-order valence-electron chi connectivity index (χ0n) is 13.2. The van der Waals surface area contributed by atoms with E-state index >= 15 is 0 Å². The molecule has 2 fully saturated rings. The molecule has 0 N–H and O–H groups in total. The lowest BCUT2D eigenvalue weighted by Crippen LogP contribution is -2.47. The molecule has 0 bridgehead atoms. The lowest BCUT2D eigenvalue weighted by molar-refractivity contribution is -0.0516. The van der Waals surface area contributed by atoms with Gasteiger partial charge in [0.2, 0.25) is 0 Å². The summed E-state index contributed by atoms with van der Waals surface area (Å²) in [6.07, 6.45) is 1.02. The standard InChI is InChI=1S/C17H26N2O2/c1-14-4-3-5-16(15(14)2)19-10-8-18(9-11-19)7-6-17-20-12-13-21-17/h3-5,17H,6-13H2,1-2H3. The Hall–Kier alpha value is -1.10. The number of rotatable bonds is 4. The predicted molar refractivity (Wildman–Crippen MR) is 84.9 cm³/mol. The summed E-state index contributed by atoms with van der Waals surface area (Å²) in [7, 11) is 0. The fourth-order valence-corrected chi connectivity index (χ4v) is 3.15. The monoisotopic (exact) mass is 290 g/mol. The molecular weight excluding hydrogens is 264 g/mol. The van der Waals surface area contributed by atoms with Crippen molar-refractivity contribution in [3.05, 3.63) is 29.3 Å². The maximum atomic E-state index is 5.50. The first kappa shape index (κ1) is 14.8.